The summed E-state index contributed by atoms with van der Waals surface area (Å²) >= 11 is 0. The molecule has 3 heterocycles. The molecule has 2 aliphatic rings. The molecule has 7 heteroatoms. The van der Waals surface area contributed by atoms with E-state index >= 15 is 0 Å². The second kappa shape index (κ2) is 5.55. The minimum absolute atomic E-state index is 0.0913. The second-order valence-corrected chi connectivity index (χ2v) is 6.16. The molecule has 1 unspecified atom stereocenters. The van der Waals surface area contributed by atoms with Gasteiger partial charge in [-0.15, -0.1) is 0 Å². The van der Waals surface area contributed by atoms with E-state index in [0.29, 0.717) is 30.0 Å². The van der Waals surface area contributed by atoms with E-state index in [1.165, 1.54) is 19.0 Å². The fourth-order valence-corrected chi connectivity index (χ4v) is 3.00. The first kappa shape index (κ1) is 13.5. The molecule has 1 aliphatic heterocycles. The molecule has 1 aliphatic carbocycles. The molecule has 22 heavy (non-hydrogen) atoms. The molecule has 2 aromatic heterocycles. The Hall–Kier alpha value is -2.18. The molecule has 1 atom stereocenters. The first-order valence-corrected chi connectivity index (χ1v) is 7.82. The van der Waals surface area contributed by atoms with E-state index in [9.17, 15) is 4.79 Å². The Kier molecular flexibility index (Phi) is 3.40. The highest BCUT2D eigenvalue weighted by Gasteiger charge is 2.30. The van der Waals surface area contributed by atoms with E-state index in [2.05, 4.69) is 15.3 Å². The molecule has 1 amide bonds. The van der Waals surface area contributed by atoms with Gasteiger partial charge in [0.1, 0.15) is 0 Å². The molecular formula is C15H18N4O3. The monoisotopic (exact) mass is 302 g/mol. The van der Waals surface area contributed by atoms with Crippen LogP contribution in [-0.4, -0.2) is 39.2 Å². The van der Waals surface area contributed by atoms with E-state index in [1.54, 1.807) is 6.07 Å². The molecular weight excluding hydrogens is 284 g/mol. The van der Waals surface area contributed by atoms with Crippen LogP contribution in [0.2, 0.25) is 0 Å². The van der Waals surface area contributed by atoms with Crippen LogP contribution in [0.15, 0.2) is 21.3 Å². The van der Waals surface area contributed by atoms with Crippen molar-refractivity contribution >= 4 is 5.91 Å². The Morgan fingerprint density at radius 1 is 1.32 bits per heavy atom. The Morgan fingerprint density at radius 3 is 3.00 bits per heavy atom. The van der Waals surface area contributed by atoms with Crippen molar-refractivity contribution in [3.8, 4) is 0 Å². The van der Waals surface area contributed by atoms with E-state index in [1.807, 2.05) is 4.90 Å². The van der Waals surface area contributed by atoms with Crippen molar-refractivity contribution in [2.24, 2.45) is 5.92 Å². The average Bonchev–Trinajstić information content (AvgIpc) is 3.05. The molecule has 7 nitrogen and oxygen atoms in total. The predicted octanol–water partition coefficient (Wildman–Crippen LogP) is 2.03. The summed E-state index contributed by atoms with van der Waals surface area (Å²) in [7, 11) is 0. The number of carbonyl (C=O) groups is 1. The summed E-state index contributed by atoms with van der Waals surface area (Å²) < 4.78 is 10.3. The lowest BCUT2D eigenvalue weighted by Crippen LogP contribution is -2.40. The van der Waals surface area contributed by atoms with Crippen molar-refractivity contribution in [2.45, 2.75) is 38.0 Å². The fraction of sp³-hybridized carbons (Fsp3) is 0.600. The largest absolute Gasteiger partial charge is 0.351 e. The van der Waals surface area contributed by atoms with Gasteiger partial charge in [-0.05, 0) is 31.6 Å². The normalized spacial score (nSPS) is 22.0. The van der Waals surface area contributed by atoms with Crippen molar-refractivity contribution in [3.63, 3.8) is 0 Å². The zero-order valence-corrected chi connectivity index (χ0v) is 12.3. The van der Waals surface area contributed by atoms with Gasteiger partial charge in [-0.25, -0.2) is 0 Å². The molecule has 0 radical (unpaired) electrons. The van der Waals surface area contributed by atoms with Crippen molar-refractivity contribution < 1.29 is 13.8 Å². The van der Waals surface area contributed by atoms with Gasteiger partial charge in [0, 0.05) is 31.5 Å². The molecule has 2 aromatic rings. The molecule has 0 N–H and O–H groups in total. The van der Waals surface area contributed by atoms with Crippen molar-refractivity contribution in [1.82, 2.24) is 20.2 Å². The van der Waals surface area contributed by atoms with Gasteiger partial charge in [0.15, 0.2) is 5.82 Å². The van der Waals surface area contributed by atoms with Crippen LogP contribution in [0.25, 0.3) is 0 Å². The lowest BCUT2D eigenvalue weighted by Gasteiger charge is -2.31. The molecule has 1 saturated carbocycles. The molecule has 1 saturated heterocycles. The summed E-state index contributed by atoms with van der Waals surface area (Å²) in [5.74, 6) is 2.61. The molecule has 0 aromatic carbocycles. The van der Waals surface area contributed by atoms with Crippen LogP contribution in [0, 0.1) is 5.92 Å². The highest BCUT2D eigenvalue weighted by Crippen LogP contribution is 2.38. The number of rotatable bonds is 4. The summed E-state index contributed by atoms with van der Waals surface area (Å²) in [5.41, 5.74) is 0. The van der Waals surface area contributed by atoms with Gasteiger partial charge in [-0.3, -0.25) is 4.79 Å². The fourth-order valence-electron chi connectivity index (χ4n) is 3.00. The van der Waals surface area contributed by atoms with Crippen molar-refractivity contribution in [3.05, 3.63) is 29.7 Å². The van der Waals surface area contributed by atoms with Crippen LogP contribution in [-0.2, 0) is 6.42 Å². The van der Waals surface area contributed by atoms with Crippen LogP contribution in [0.4, 0.5) is 0 Å². The van der Waals surface area contributed by atoms with Gasteiger partial charge in [0.2, 0.25) is 11.7 Å². The summed E-state index contributed by atoms with van der Waals surface area (Å²) in [6.45, 7) is 1.45. The SMILES string of the molecule is O=C(c1ccno1)N1CCCC(Cc2nc(C3CC3)no2)C1. The minimum atomic E-state index is -0.0913. The van der Waals surface area contributed by atoms with Gasteiger partial charge >= 0.3 is 0 Å². The van der Waals surface area contributed by atoms with Crippen LogP contribution < -0.4 is 0 Å². The number of nitrogens with zero attached hydrogens (tertiary/aromatic N) is 4. The highest BCUT2D eigenvalue weighted by molar-refractivity contribution is 5.91. The zero-order chi connectivity index (χ0) is 14.9. The maximum absolute atomic E-state index is 12.3. The second-order valence-electron chi connectivity index (χ2n) is 6.16. The Morgan fingerprint density at radius 2 is 2.23 bits per heavy atom. The first-order valence-electron chi connectivity index (χ1n) is 7.82. The number of carbonyl (C=O) groups excluding carboxylic acids is 1. The first-order chi connectivity index (χ1) is 10.8. The topological polar surface area (TPSA) is 85.3 Å². The Bertz CT molecular complexity index is 648. The van der Waals surface area contributed by atoms with E-state index in [0.717, 1.165) is 31.6 Å². The van der Waals surface area contributed by atoms with Gasteiger partial charge < -0.3 is 13.9 Å². The van der Waals surface area contributed by atoms with Gasteiger partial charge in [0.05, 0.1) is 6.20 Å². The van der Waals surface area contributed by atoms with Gasteiger partial charge in [0.25, 0.3) is 5.91 Å². The number of hydrogen-bond acceptors (Lipinski definition) is 6. The number of aromatic nitrogens is 3. The standard InChI is InChI=1S/C15H18N4O3/c20-15(12-5-6-16-21-12)19-7-1-2-10(9-19)8-13-17-14(18-22-13)11-3-4-11/h5-6,10-11H,1-4,7-9H2. The lowest BCUT2D eigenvalue weighted by atomic mass is 9.94. The van der Waals surface area contributed by atoms with Crippen LogP contribution >= 0.6 is 0 Å². The molecule has 2 fully saturated rings. The van der Waals surface area contributed by atoms with Crippen molar-refractivity contribution in [2.75, 3.05) is 13.1 Å². The molecule has 0 bridgehead atoms. The Balaban J connectivity index is 1.38. The number of piperidine rings is 1. The summed E-state index contributed by atoms with van der Waals surface area (Å²) in [6, 6.07) is 1.60. The van der Waals surface area contributed by atoms with Gasteiger partial charge in [-0.1, -0.05) is 10.3 Å². The predicted molar refractivity (Wildman–Crippen MR) is 75.1 cm³/mol. The highest BCUT2D eigenvalue weighted by atomic mass is 16.5. The molecule has 4 rings (SSSR count). The van der Waals surface area contributed by atoms with E-state index < -0.39 is 0 Å². The third kappa shape index (κ3) is 2.75. The number of hydrogen-bond donors (Lipinski definition) is 0. The van der Waals surface area contributed by atoms with Crippen molar-refractivity contribution in [1.29, 1.82) is 0 Å². The smallest absolute Gasteiger partial charge is 0.292 e. The third-order valence-corrected chi connectivity index (χ3v) is 4.34. The van der Waals surface area contributed by atoms with Crippen LogP contribution in [0.5, 0.6) is 0 Å². The summed E-state index contributed by atoms with van der Waals surface area (Å²) in [6.07, 6.45) is 6.62. The summed E-state index contributed by atoms with van der Waals surface area (Å²) in [4.78, 5) is 18.6. The van der Waals surface area contributed by atoms with Crippen LogP contribution in [0.3, 0.4) is 0 Å². The van der Waals surface area contributed by atoms with E-state index in [-0.39, 0.29) is 5.91 Å². The molecule has 116 valence electrons. The average molecular weight is 302 g/mol. The number of likely N-dealkylation sites (tertiary alicyclic amines) is 1. The third-order valence-electron chi connectivity index (χ3n) is 4.34. The minimum Gasteiger partial charge on any atom is -0.351 e. The Labute approximate surface area is 127 Å². The van der Waals surface area contributed by atoms with Gasteiger partial charge in [-0.2, -0.15) is 4.98 Å². The summed E-state index contributed by atoms with van der Waals surface area (Å²) in [5, 5.41) is 7.64. The number of amides is 1. The quantitative estimate of drug-likeness (QED) is 0.859. The van der Waals surface area contributed by atoms with Crippen LogP contribution in [0.1, 0.15) is 53.9 Å². The maximum atomic E-state index is 12.3. The lowest BCUT2D eigenvalue weighted by molar-refractivity contribution is 0.0626. The zero-order valence-electron chi connectivity index (χ0n) is 12.3. The van der Waals surface area contributed by atoms with E-state index in [4.69, 9.17) is 9.05 Å². The maximum Gasteiger partial charge on any atom is 0.292 e. The molecule has 0 spiro atoms.